The van der Waals surface area contributed by atoms with Crippen molar-refractivity contribution in [2.24, 2.45) is 5.92 Å². The molecule has 24 heavy (non-hydrogen) atoms. The Morgan fingerprint density at radius 2 is 1.71 bits per heavy atom. The number of hydrogen-bond acceptors (Lipinski definition) is 3. The fraction of sp³-hybridized carbons (Fsp3) is 0.529. The number of benzene rings is 1. The van der Waals surface area contributed by atoms with Crippen molar-refractivity contribution in [2.45, 2.75) is 39.8 Å². The van der Waals surface area contributed by atoms with Crippen LogP contribution in [-0.4, -0.2) is 37.0 Å². The molecule has 0 aliphatic rings. The molecule has 0 bridgehead atoms. The van der Waals surface area contributed by atoms with E-state index >= 15 is 0 Å². The topological polar surface area (TPSA) is 70.2 Å². The maximum Gasteiger partial charge on any atom is 0.251 e. The summed E-state index contributed by atoms with van der Waals surface area (Å²) in [4.78, 5) is 24.6. The highest BCUT2D eigenvalue weighted by Crippen LogP contribution is 2.10. The Kier molecular flexibility index (Phi) is 10.7. The van der Waals surface area contributed by atoms with Crippen molar-refractivity contribution >= 4 is 35.8 Å². The summed E-state index contributed by atoms with van der Waals surface area (Å²) in [5.74, 6) is -0.469. The van der Waals surface area contributed by atoms with Crippen molar-refractivity contribution in [1.82, 2.24) is 16.0 Å². The molecule has 1 aromatic carbocycles. The first kappa shape index (κ1) is 22.7. The average molecular weight is 376 g/mol. The molecule has 0 aliphatic carbocycles. The molecule has 1 aromatic rings. The zero-order valence-electron chi connectivity index (χ0n) is 14.6. The standard InChI is InChI=1S/C17H26ClN3O2.ClH/c1-5-19-12(4)10-20-17(23)15(11(2)3)21-16(22)13-6-8-14(18)9-7-13;/h6-9,11-12,15,19H,5,10H2,1-4H3,(H,20,23)(H,21,22);1H/t12-,15?;/m1./s1. The number of halogens is 2. The second-order valence-electron chi connectivity index (χ2n) is 5.91. The first-order chi connectivity index (χ1) is 10.8. The fourth-order valence-electron chi connectivity index (χ4n) is 2.15. The van der Waals surface area contributed by atoms with Crippen LogP contribution >= 0.6 is 24.0 Å². The minimum absolute atomic E-state index is 0. The highest BCUT2D eigenvalue weighted by atomic mass is 35.5. The Morgan fingerprint density at radius 1 is 1.12 bits per heavy atom. The number of carbonyl (C=O) groups excluding carboxylic acids is 2. The van der Waals surface area contributed by atoms with Crippen LogP contribution in [0.3, 0.4) is 0 Å². The highest BCUT2D eigenvalue weighted by Gasteiger charge is 2.24. The Labute approximate surface area is 155 Å². The number of nitrogens with one attached hydrogen (secondary N) is 3. The van der Waals surface area contributed by atoms with Gasteiger partial charge < -0.3 is 16.0 Å². The van der Waals surface area contributed by atoms with E-state index in [0.29, 0.717) is 17.1 Å². The molecule has 0 spiro atoms. The largest absolute Gasteiger partial charge is 0.353 e. The van der Waals surface area contributed by atoms with Gasteiger partial charge in [-0.3, -0.25) is 9.59 Å². The molecule has 0 fully saturated rings. The normalized spacial score (nSPS) is 12.9. The van der Waals surface area contributed by atoms with E-state index in [2.05, 4.69) is 16.0 Å². The molecule has 0 radical (unpaired) electrons. The Morgan fingerprint density at radius 3 is 2.21 bits per heavy atom. The van der Waals surface area contributed by atoms with Crippen LogP contribution in [-0.2, 0) is 4.79 Å². The summed E-state index contributed by atoms with van der Waals surface area (Å²) in [5, 5.41) is 9.46. The lowest BCUT2D eigenvalue weighted by Crippen LogP contribution is -2.51. The molecule has 1 unspecified atom stereocenters. The zero-order valence-corrected chi connectivity index (χ0v) is 16.1. The first-order valence-electron chi connectivity index (χ1n) is 7.92. The monoisotopic (exact) mass is 375 g/mol. The summed E-state index contributed by atoms with van der Waals surface area (Å²) < 4.78 is 0. The SMILES string of the molecule is CCN[C@H](C)CNC(=O)C(NC(=O)c1ccc(Cl)cc1)C(C)C.Cl. The lowest BCUT2D eigenvalue weighted by molar-refractivity contribution is -0.124. The van der Waals surface area contributed by atoms with Gasteiger partial charge in [-0.05, 0) is 43.7 Å². The van der Waals surface area contributed by atoms with Crippen molar-refractivity contribution in [1.29, 1.82) is 0 Å². The third-order valence-electron chi connectivity index (χ3n) is 3.48. The molecule has 2 atom stereocenters. The molecule has 7 heteroatoms. The molecule has 0 saturated heterocycles. The second kappa shape index (κ2) is 11.3. The van der Waals surface area contributed by atoms with E-state index in [-0.39, 0.29) is 36.2 Å². The van der Waals surface area contributed by atoms with Gasteiger partial charge >= 0.3 is 0 Å². The van der Waals surface area contributed by atoms with Crippen LogP contribution in [0.15, 0.2) is 24.3 Å². The van der Waals surface area contributed by atoms with E-state index in [0.717, 1.165) is 6.54 Å². The summed E-state index contributed by atoms with van der Waals surface area (Å²) in [6, 6.07) is 6.19. The molecule has 0 heterocycles. The Hall–Kier alpha value is -1.30. The van der Waals surface area contributed by atoms with Gasteiger partial charge in [0.05, 0.1) is 0 Å². The fourth-order valence-corrected chi connectivity index (χ4v) is 2.27. The molecule has 2 amide bonds. The maximum absolute atomic E-state index is 12.3. The van der Waals surface area contributed by atoms with Crippen molar-refractivity contribution in [3.63, 3.8) is 0 Å². The summed E-state index contributed by atoms with van der Waals surface area (Å²) >= 11 is 5.82. The van der Waals surface area contributed by atoms with E-state index in [9.17, 15) is 9.59 Å². The Balaban J connectivity index is 0.00000529. The van der Waals surface area contributed by atoms with Crippen LogP contribution in [0.25, 0.3) is 0 Å². The van der Waals surface area contributed by atoms with Crippen molar-refractivity contribution in [2.75, 3.05) is 13.1 Å². The number of hydrogen-bond donors (Lipinski definition) is 3. The van der Waals surface area contributed by atoms with E-state index in [1.165, 1.54) is 0 Å². The van der Waals surface area contributed by atoms with Gasteiger partial charge in [-0.1, -0.05) is 32.4 Å². The predicted molar refractivity (Wildman–Crippen MR) is 101 cm³/mol. The van der Waals surface area contributed by atoms with E-state index in [1.54, 1.807) is 24.3 Å². The smallest absolute Gasteiger partial charge is 0.251 e. The van der Waals surface area contributed by atoms with Crippen LogP contribution in [0.5, 0.6) is 0 Å². The van der Waals surface area contributed by atoms with Crippen LogP contribution < -0.4 is 16.0 Å². The lowest BCUT2D eigenvalue weighted by atomic mass is 10.0. The Bertz CT molecular complexity index is 521. The van der Waals surface area contributed by atoms with Gasteiger partial charge in [0.15, 0.2) is 0 Å². The average Bonchev–Trinajstić information content (AvgIpc) is 2.50. The third kappa shape index (κ3) is 7.51. The molecular formula is C17H27Cl2N3O2. The summed E-state index contributed by atoms with van der Waals surface area (Å²) in [6.45, 7) is 9.19. The van der Waals surface area contributed by atoms with Crippen LogP contribution in [0.4, 0.5) is 0 Å². The van der Waals surface area contributed by atoms with E-state index in [4.69, 9.17) is 11.6 Å². The molecule has 5 nitrogen and oxygen atoms in total. The van der Waals surface area contributed by atoms with Crippen molar-refractivity contribution in [3.05, 3.63) is 34.9 Å². The van der Waals surface area contributed by atoms with E-state index < -0.39 is 6.04 Å². The minimum atomic E-state index is -0.577. The van der Waals surface area contributed by atoms with Gasteiger partial charge in [-0.2, -0.15) is 0 Å². The quantitative estimate of drug-likeness (QED) is 0.653. The lowest BCUT2D eigenvalue weighted by Gasteiger charge is -2.23. The van der Waals surface area contributed by atoms with E-state index in [1.807, 2.05) is 27.7 Å². The van der Waals surface area contributed by atoms with Crippen LogP contribution in [0, 0.1) is 5.92 Å². The number of likely N-dealkylation sites (N-methyl/N-ethyl adjacent to an activating group) is 1. The third-order valence-corrected chi connectivity index (χ3v) is 3.73. The highest BCUT2D eigenvalue weighted by molar-refractivity contribution is 6.30. The molecule has 1 rings (SSSR count). The predicted octanol–water partition coefficient (Wildman–Crippen LogP) is 2.63. The summed E-state index contributed by atoms with van der Waals surface area (Å²) in [6.07, 6.45) is 0. The second-order valence-corrected chi connectivity index (χ2v) is 6.34. The molecule has 3 N–H and O–H groups in total. The zero-order chi connectivity index (χ0) is 17.4. The van der Waals surface area contributed by atoms with Gasteiger partial charge in [0.1, 0.15) is 6.04 Å². The molecule has 0 aliphatic heterocycles. The van der Waals surface area contributed by atoms with Gasteiger partial charge in [0.2, 0.25) is 5.91 Å². The minimum Gasteiger partial charge on any atom is -0.353 e. The van der Waals surface area contributed by atoms with Crippen molar-refractivity contribution in [3.8, 4) is 0 Å². The summed E-state index contributed by atoms with van der Waals surface area (Å²) in [7, 11) is 0. The number of amides is 2. The van der Waals surface area contributed by atoms with Gasteiger partial charge in [-0.15, -0.1) is 12.4 Å². The molecule has 136 valence electrons. The maximum atomic E-state index is 12.3. The number of carbonyl (C=O) groups is 2. The van der Waals surface area contributed by atoms with Gasteiger partial charge in [0, 0.05) is 23.2 Å². The number of rotatable bonds is 8. The van der Waals surface area contributed by atoms with Gasteiger partial charge in [0.25, 0.3) is 5.91 Å². The van der Waals surface area contributed by atoms with Crippen molar-refractivity contribution < 1.29 is 9.59 Å². The van der Waals surface area contributed by atoms with Crippen LogP contribution in [0.1, 0.15) is 38.1 Å². The molecule has 0 aromatic heterocycles. The van der Waals surface area contributed by atoms with Gasteiger partial charge in [-0.25, -0.2) is 0 Å². The van der Waals surface area contributed by atoms with Crippen LogP contribution in [0.2, 0.25) is 5.02 Å². The molecular weight excluding hydrogens is 349 g/mol. The summed E-state index contributed by atoms with van der Waals surface area (Å²) in [5.41, 5.74) is 0.480. The first-order valence-corrected chi connectivity index (χ1v) is 8.30. The molecule has 0 saturated carbocycles.